The third kappa shape index (κ3) is 15.4. The van der Waals surface area contributed by atoms with E-state index in [9.17, 15) is 0 Å². The monoisotopic (exact) mass is 238 g/mol. The summed E-state index contributed by atoms with van der Waals surface area (Å²) in [5.74, 6) is 0. The molecule has 0 aromatic rings. The molecule has 1 heteroatoms. The van der Waals surface area contributed by atoms with Gasteiger partial charge in [-0.05, 0) is 38.5 Å². The number of rotatable bonds is 12. The third-order valence-electron chi connectivity index (χ3n) is 2.56. The Morgan fingerprint density at radius 3 is 1.47 bits per heavy atom. The summed E-state index contributed by atoms with van der Waals surface area (Å²) in [6.45, 7) is 6.25. The summed E-state index contributed by atoms with van der Waals surface area (Å²) in [6.07, 6.45) is 18.7. The molecule has 100 valence electrons. The van der Waals surface area contributed by atoms with Crippen molar-refractivity contribution >= 4 is 0 Å². The lowest BCUT2D eigenvalue weighted by Crippen LogP contribution is -1.95. The molecule has 0 aromatic heterocycles. The second kappa shape index (κ2) is 15.4. The van der Waals surface area contributed by atoms with Gasteiger partial charge in [0, 0.05) is 13.2 Å². The zero-order valence-corrected chi connectivity index (χ0v) is 11.8. The molecule has 0 aliphatic carbocycles. The van der Waals surface area contributed by atoms with Gasteiger partial charge in [0.2, 0.25) is 0 Å². The molecule has 0 unspecified atom stereocenters. The van der Waals surface area contributed by atoms with Crippen LogP contribution in [-0.2, 0) is 4.74 Å². The van der Waals surface area contributed by atoms with E-state index in [1.165, 1.54) is 25.7 Å². The quantitative estimate of drug-likeness (QED) is 0.332. The van der Waals surface area contributed by atoms with Crippen molar-refractivity contribution in [1.82, 2.24) is 0 Å². The molecule has 0 saturated carbocycles. The van der Waals surface area contributed by atoms with Crippen LogP contribution in [0, 0.1) is 0 Å². The Balaban J connectivity index is 3.03. The lowest BCUT2D eigenvalue weighted by atomic mass is 10.2. The van der Waals surface area contributed by atoms with Gasteiger partial charge in [0.15, 0.2) is 0 Å². The first kappa shape index (κ1) is 16.4. The summed E-state index contributed by atoms with van der Waals surface area (Å²) in [5, 5.41) is 0. The number of allylic oxidation sites excluding steroid dienone is 4. The maximum atomic E-state index is 5.58. The van der Waals surface area contributed by atoms with Crippen molar-refractivity contribution in [3.63, 3.8) is 0 Å². The largest absolute Gasteiger partial charge is 0.381 e. The number of hydrogen-bond acceptors (Lipinski definition) is 1. The topological polar surface area (TPSA) is 9.23 Å². The smallest absolute Gasteiger partial charge is 0.0468 e. The van der Waals surface area contributed by atoms with Crippen LogP contribution < -0.4 is 0 Å². The van der Waals surface area contributed by atoms with Crippen LogP contribution in [0.25, 0.3) is 0 Å². The Hall–Kier alpha value is -0.560. The minimum absolute atomic E-state index is 0.912. The van der Waals surface area contributed by atoms with Crippen molar-refractivity contribution < 1.29 is 4.74 Å². The molecule has 0 N–H and O–H groups in total. The Labute approximate surface area is 108 Å². The maximum Gasteiger partial charge on any atom is 0.0468 e. The molecule has 0 fully saturated rings. The van der Waals surface area contributed by atoms with E-state index in [-0.39, 0.29) is 0 Å². The van der Waals surface area contributed by atoms with E-state index in [4.69, 9.17) is 4.74 Å². The lowest BCUT2D eigenvalue weighted by molar-refractivity contribution is 0.130. The average molecular weight is 238 g/mol. The van der Waals surface area contributed by atoms with E-state index in [0.29, 0.717) is 0 Å². The summed E-state index contributed by atoms with van der Waals surface area (Å²) < 4.78 is 5.58. The predicted octanol–water partition coefficient (Wildman–Crippen LogP) is 5.28. The molecular weight excluding hydrogens is 208 g/mol. The van der Waals surface area contributed by atoms with E-state index < -0.39 is 0 Å². The molecule has 1 nitrogen and oxygen atoms in total. The number of ether oxygens (including phenoxy) is 1. The Morgan fingerprint density at radius 1 is 0.647 bits per heavy atom. The molecule has 0 radical (unpaired) electrons. The number of hydrogen-bond donors (Lipinski definition) is 0. The molecule has 17 heavy (non-hydrogen) atoms. The van der Waals surface area contributed by atoms with Gasteiger partial charge in [-0.1, -0.05) is 51.0 Å². The minimum Gasteiger partial charge on any atom is -0.381 e. The highest BCUT2D eigenvalue weighted by Crippen LogP contribution is 1.98. The Morgan fingerprint density at radius 2 is 1.06 bits per heavy atom. The normalized spacial score (nSPS) is 11.9. The summed E-state index contributed by atoms with van der Waals surface area (Å²) in [4.78, 5) is 0. The highest BCUT2D eigenvalue weighted by atomic mass is 16.5. The predicted molar refractivity (Wildman–Crippen MR) is 77.4 cm³/mol. The fourth-order valence-corrected chi connectivity index (χ4v) is 1.51. The van der Waals surface area contributed by atoms with Crippen LogP contribution in [0.3, 0.4) is 0 Å². The zero-order valence-electron chi connectivity index (χ0n) is 11.8. The van der Waals surface area contributed by atoms with E-state index in [1.54, 1.807) is 0 Å². The molecule has 0 amide bonds. The lowest BCUT2D eigenvalue weighted by Gasteiger charge is -2.01. The van der Waals surface area contributed by atoms with Crippen LogP contribution >= 0.6 is 0 Å². The van der Waals surface area contributed by atoms with Crippen molar-refractivity contribution in [3.05, 3.63) is 24.3 Å². The SMILES string of the molecule is CCCC=CCCCOCCCC=CCCC. The summed E-state index contributed by atoms with van der Waals surface area (Å²) >= 11 is 0. The zero-order chi connectivity index (χ0) is 12.6. The van der Waals surface area contributed by atoms with Gasteiger partial charge in [0.25, 0.3) is 0 Å². The molecule has 0 rings (SSSR count). The molecule has 0 aliphatic rings. The molecule has 0 aliphatic heterocycles. The van der Waals surface area contributed by atoms with Crippen LogP contribution in [0.5, 0.6) is 0 Å². The highest BCUT2D eigenvalue weighted by molar-refractivity contribution is 4.81. The molecule has 0 atom stereocenters. The fourth-order valence-electron chi connectivity index (χ4n) is 1.51. The van der Waals surface area contributed by atoms with E-state index in [0.717, 1.165) is 38.9 Å². The minimum atomic E-state index is 0.912. The van der Waals surface area contributed by atoms with Gasteiger partial charge in [-0.3, -0.25) is 0 Å². The molecule has 0 heterocycles. The van der Waals surface area contributed by atoms with Crippen molar-refractivity contribution in [1.29, 1.82) is 0 Å². The van der Waals surface area contributed by atoms with Crippen molar-refractivity contribution in [2.24, 2.45) is 0 Å². The molecular formula is C16H30O. The second-order valence-corrected chi connectivity index (χ2v) is 4.42. The van der Waals surface area contributed by atoms with Crippen LogP contribution in [-0.4, -0.2) is 13.2 Å². The van der Waals surface area contributed by atoms with Crippen LogP contribution in [0.4, 0.5) is 0 Å². The summed E-state index contributed by atoms with van der Waals surface area (Å²) in [7, 11) is 0. The van der Waals surface area contributed by atoms with Gasteiger partial charge in [-0.2, -0.15) is 0 Å². The van der Waals surface area contributed by atoms with E-state index in [1.807, 2.05) is 0 Å². The van der Waals surface area contributed by atoms with Crippen LogP contribution in [0.2, 0.25) is 0 Å². The molecule has 0 saturated heterocycles. The molecule has 0 bridgehead atoms. The summed E-state index contributed by atoms with van der Waals surface area (Å²) in [6, 6.07) is 0. The third-order valence-corrected chi connectivity index (χ3v) is 2.56. The van der Waals surface area contributed by atoms with Gasteiger partial charge in [-0.25, -0.2) is 0 Å². The van der Waals surface area contributed by atoms with Gasteiger partial charge in [0.1, 0.15) is 0 Å². The van der Waals surface area contributed by atoms with E-state index >= 15 is 0 Å². The van der Waals surface area contributed by atoms with Gasteiger partial charge >= 0.3 is 0 Å². The molecule has 0 spiro atoms. The average Bonchev–Trinajstić information content (AvgIpc) is 2.35. The maximum absolute atomic E-state index is 5.58. The van der Waals surface area contributed by atoms with Gasteiger partial charge in [0.05, 0.1) is 0 Å². The number of unbranched alkanes of at least 4 members (excludes halogenated alkanes) is 4. The molecule has 0 aromatic carbocycles. The van der Waals surface area contributed by atoms with Crippen LogP contribution in [0.15, 0.2) is 24.3 Å². The first-order chi connectivity index (χ1) is 8.41. The van der Waals surface area contributed by atoms with E-state index in [2.05, 4.69) is 38.2 Å². The summed E-state index contributed by atoms with van der Waals surface area (Å²) in [5.41, 5.74) is 0. The van der Waals surface area contributed by atoms with Crippen molar-refractivity contribution in [3.8, 4) is 0 Å². The standard InChI is InChI=1S/C16H30O/c1-3-5-7-9-11-13-15-17-16-14-12-10-8-6-4-2/h7-10H,3-6,11-16H2,1-2H3. The van der Waals surface area contributed by atoms with Crippen molar-refractivity contribution in [2.45, 2.75) is 65.2 Å². The first-order valence-corrected chi connectivity index (χ1v) is 7.29. The fraction of sp³-hybridized carbons (Fsp3) is 0.750. The van der Waals surface area contributed by atoms with Gasteiger partial charge < -0.3 is 4.74 Å². The Kier molecular flexibility index (Phi) is 14.9. The van der Waals surface area contributed by atoms with Gasteiger partial charge in [-0.15, -0.1) is 0 Å². The van der Waals surface area contributed by atoms with Crippen LogP contribution in [0.1, 0.15) is 65.2 Å². The highest BCUT2D eigenvalue weighted by Gasteiger charge is 1.87. The second-order valence-electron chi connectivity index (χ2n) is 4.42. The first-order valence-electron chi connectivity index (χ1n) is 7.29. The Bertz CT molecular complexity index is 162. The van der Waals surface area contributed by atoms with Crippen molar-refractivity contribution in [2.75, 3.05) is 13.2 Å².